The van der Waals surface area contributed by atoms with Gasteiger partial charge in [0.2, 0.25) is 0 Å². The van der Waals surface area contributed by atoms with E-state index in [1.165, 1.54) is 24.2 Å². The smallest absolute Gasteiger partial charge is 0.0625 e. The lowest BCUT2D eigenvalue weighted by Gasteiger charge is -2.33. The van der Waals surface area contributed by atoms with Crippen LogP contribution in [-0.4, -0.2) is 33.1 Å². The van der Waals surface area contributed by atoms with Crippen LogP contribution in [0.15, 0.2) is 6.07 Å². The number of hydrogen-bond donors (Lipinski definition) is 0. The van der Waals surface area contributed by atoms with Crippen LogP contribution < -0.4 is 0 Å². The third-order valence-electron chi connectivity index (χ3n) is 4.24. The number of alkyl halides is 1. The van der Waals surface area contributed by atoms with Crippen molar-refractivity contribution in [2.45, 2.75) is 58.5 Å². The molecule has 2 heterocycles. The van der Waals surface area contributed by atoms with E-state index < -0.39 is 0 Å². The van der Waals surface area contributed by atoms with Crippen molar-refractivity contribution in [3.63, 3.8) is 0 Å². The topological polar surface area (TPSA) is 21.1 Å². The zero-order chi connectivity index (χ0) is 13.8. The van der Waals surface area contributed by atoms with E-state index in [1.54, 1.807) is 0 Å². The van der Waals surface area contributed by atoms with Gasteiger partial charge in [-0.2, -0.15) is 5.10 Å². The van der Waals surface area contributed by atoms with Crippen molar-refractivity contribution < 1.29 is 0 Å². The fourth-order valence-corrected chi connectivity index (χ4v) is 3.14. The zero-order valence-electron chi connectivity index (χ0n) is 12.4. The van der Waals surface area contributed by atoms with Gasteiger partial charge in [0.1, 0.15) is 0 Å². The van der Waals surface area contributed by atoms with Gasteiger partial charge in [-0.3, -0.25) is 9.58 Å². The molecule has 1 fully saturated rings. The third-order valence-corrected chi connectivity index (χ3v) is 4.60. The van der Waals surface area contributed by atoms with E-state index in [2.05, 4.69) is 41.5 Å². The van der Waals surface area contributed by atoms with Crippen LogP contribution in [0.4, 0.5) is 0 Å². The molecule has 1 saturated heterocycles. The molecule has 108 valence electrons. The molecule has 4 heteroatoms. The maximum Gasteiger partial charge on any atom is 0.0625 e. The normalized spacial score (nSPS) is 19.8. The Morgan fingerprint density at radius 3 is 2.58 bits per heavy atom. The van der Waals surface area contributed by atoms with Gasteiger partial charge in [-0.15, -0.1) is 11.6 Å². The summed E-state index contributed by atoms with van der Waals surface area (Å²) in [5.41, 5.74) is 2.57. The largest absolute Gasteiger partial charge is 0.298 e. The van der Waals surface area contributed by atoms with Gasteiger partial charge < -0.3 is 0 Å². The minimum Gasteiger partial charge on any atom is -0.298 e. The second-order valence-electron chi connectivity index (χ2n) is 5.59. The summed E-state index contributed by atoms with van der Waals surface area (Å²) >= 11 is 6.20. The average molecular weight is 284 g/mol. The highest BCUT2D eigenvalue weighted by Crippen LogP contribution is 2.24. The quantitative estimate of drug-likeness (QED) is 0.773. The first kappa shape index (κ1) is 14.9. The van der Waals surface area contributed by atoms with Gasteiger partial charge in [-0.1, -0.05) is 6.92 Å². The number of nitrogens with zero attached hydrogens (tertiary/aromatic N) is 3. The minimum absolute atomic E-state index is 0.315. The van der Waals surface area contributed by atoms with E-state index >= 15 is 0 Å². The lowest BCUT2D eigenvalue weighted by atomic mass is 9.94. The van der Waals surface area contributed by atoms with Crippen molar-refractivity contribution in [1.82, 2.24) is 14.7 Å². The van der Waals surface area contributed by atoms with Crippen molar-refractivity contribution in [1.29, 1.82) is 0 Å². The summed E-state index contributed by atoms with van der Waals surface area (Å²) in [5.74, 6) is 0.695. The van der Waals surface area contributed by atoms with E-state index in [0.29, 0.717) is 11.3 Å². The first-order valence-electron chi connectivity index (χ1n) is 7.56. The molecule has 1 aliphatic rings. The fourth-order valence-electron chi connectivity index (χ4n) is 2.89. The number of hydrogen-bond acceptors (Lipinski definition) is 2. The van der Waals surface area contributed by atoms with E-state index in [1.807, 2.05) is 0 Å². The summed E-state index contributed by atoms with van der Waals surface area (Å²) in [7, 11) is 0. The highest BCUT2D eigenvalue weighted by molar-refractivity contribution is 6.20. The Balaban J connectivity index is 1.93. The standard InChI is InChI=1S/C15H26ClN3/c1-4-14-10-15(19(5-2)17-14)11-18-8-6-13(7-9-18)12(3)16/h10,12-13H,4-9,11H2,1-3H3. The molecule has 0 N–H and O–H groups in total. The Morgan fingerprint density at radius 1 is 1.37 bits per heavy atom. The van der Waals surface area contributed by atoms with Crippen LogP contribution >= 0.6 is 11.6 Å². The third kappa shape index (κ3) is 3.73. The highest BCUT2D eigenvalue weighted by atomic mass is 35.5. The molecule has 1 aromatic heterocycles. The van der Waals surface area contributed by atoms with Crippen molar-refractivity contribution in [3.05, 3.63) is 17.5 Å². The van der Waals surface area contributed by atoms with Crippen LogP contribution in [-0.2, 0) is 19.5 Å². The molecule has 0 aromatic carbocycles. The van der Waals surface area contributed by atoms with Gasteiger partial charge in [0, 0.05) is 18.5 Å². The number of rotatable bonds is 5. The first-order valence-corrected chi connectivity index (χ1v) is 7.99. The van der Waals surface area contributed by atoms with E-state index in [-0.39, 0.29) is 0 Å². The molecular weight excluding hydrogens is 258 g/mol. The zero-order valence-corrected chi connectivity index (χ0v) is 13.2. The molecule has 0 amide bonds. The lowest BCUT2D eigenvalue weighted by molar-refractivity contribution is 0.172. The Labute approximate surface area is 121 Å². The monoisotopic (exact) mass is 283 g/mol. The summed E-state index contributed by atoms with van der Waals surface area (Å²) in [6.45, 7) is 10.8. The predicted molar refractivity (Wildman–Crippen MR) is 80.6 cm³/mol. The van der Waals surface area contributed by atoms with Crippen molar-refractivity contribution in [2.24, 2.45) is 5.92 Å². The SMILES string of the molecule is CCc1cc(CN2CCC(C(C)Cl)CC2)n(CC)n1. The Hall–Kier alpha value is -0.540. The number of piperidine rings is 1. The van der Waals surface area contributed by atoms with Gasteiger partial charge in [0.25, 0.3) is 0 Å². The number of aryl methyl sites for hydroxylation is 2. The molecule has 0 spiro atoms. The Bertz CT molecular complexity index is 392. The minimum atomic E-state index is 0.315. The van der Waals surface area contributed by atoms with Crippen molar-refractivity contribution in [2.75, 3.05) is 13.1 Å². The molecule has 1 aliphatic heterocycles. The number of aromatic nitrogens is 2. The molecule has 19 heavy (non-hydrogen) atoms. The van der Waals surface area contributed by atoms with Crippen LogP contribution in [0.2, 0.25) is 0 Å². The van der Waals surface area contributed by atoms with Gasteiger partial charge >= 0.3 is 0 Å². The number of likely N-dealkylation sites (tertiary alicyclic amines) is 1. The molecule has 0 saturated carbocycles. The number of halogens is 1. The van der Waals surface area contributed by atoms with E-state index in [0.717, 1.165) is 32.6 Å². The molecule has 0 aliphatic carbocycles. The molecule has 1 atom stereocenters. The molecule has 2 rings (SSSR count). The van der Waals surface area contributed by atoms with Gasteiger partial charge in [0.05, 0.1) is 11.4 Å². The molecular formula is C15H26ClN3. The lowest BCUT2D eigenvalue weighted by Crippen LogP contribution is -2.36. The summed E-state index contributed by atoms with van der Waals surface area (Å²) < 4.78 is 2.15. The van der Waals surface area contributed by atoms with Crippen molar-refractivity contribution in [3.8, 4) is 0 Å². The van der Waals surface area contributed by atoms with Crippen LogP contribution in [0.3, 0.4) is 0 Å². The van der Waals surface area contributed by atoms with E-state index in [4.69, 9.17) is 11.6 Å². The Kier molecular flexibility index (Phi) is 5.28. The first-order chi connectivity index (χ1) is 9.13. The Morgan fingerprint density at radius 2 is 2.05 bits per heavy atom. The highest BCUT2D eigenvalue weighted by Gasteiger charge is 2.23. The summed E-state index contributed by atoms with van der Waals surface area (Å²) in [5, 5.41) is 4.94. The fraction of sp³-hybridized carbons (Fsp3) is 0.800. The average Bonchev–Trinajstić information content (AvgIpc) is 2.81. The van der Waals surface area contributed by atoms with Gasteiger partial charge in [-0.25, -0.2) is 0 Å². The van der Waals surface area contributed by atoms with Crippen LogP contribution in [0.5, 0.6) is 0 Å². The summed E-state index contributed by atoms with van der Waals surface area (Å²) in [6, 6.07) is 2.26. The van der Waals surface area contributed by atoms with E-state index in [9.17, 15) is 0 Å². The summed E-state index contributed by atoms with van der Waals surface area (Å²) in [6.07, 6.45) is 3.48. The maximum absolute atomic E-state index is 6.20. The van der Waals surface area contributed by atoms with Gasteiger partial charge in [-0.05, 0) is 58.2 Å². The molecule has 3 nitrogen and oxygen atoms in total. The molecule has 1 unspecified atom stereocenters. The molecule has 0 bridgehead atoms. The van der Waals surface area contributed by atoms with Crippen LogP contribution in [0, 0.1) is 5.92 Å². The molecule has 1 aromatic rings. The van der Waals surface area contributed by atoms with Crippen LogP contribution in [0.1, 0.15) is 45.0 Å². The van der Waals surface area contributed by atoms with Crippen molar-refractivity contribution >= 4 is 11.6 Å². The second-order valence-corrected chi connectivity index (χ2v) is 6.28. The second kappa shape index (κ2) is 6.76. The summed E-state index contributed by atoms with van der Waals surface area (Å²) in [4.78, 5) is 2.54. The molecule has 0 radical (unpaired) electrons. The van der Waals surface area contributed by atoms with Gasteiger partial charge in [0.15, 0.2) is 0 Å². The predicted octanol–water partition coefficient (Wildman–Crippen LogP) is 3.30. The van der Waals surface area contributed by atoms with Crippen LogP contribution in [0.25, 0.3) is 0 Å². The maximum atomic E-state index is 6.20.